The quantitative estimate of drug-likeness (QED) is 0.168. The Morgan fingerprint density at radius 1 is 0.414 bits per heavy atom. The predicted octanol–water partition coefficient (Wildman–Crippen LogP) is 11.8. The molecule has 58 heavy (non-hydrogen) atoms. The van der Waals surface area contributed by atoms with Crippen LogP contribution < -0.4 is 26.3 Å². The fraction of sp³-hybridized carbons (Fsp3) is 0.385. The van der Waals surface area contributed by atoms with Crippen molar-refractivity contribution in [2.75, 3.05) is 9.80 Å². The van der Waals surface area contributed by atoms with Gasteiger partial charge in [-0.05, 0) is 120 Å². The maximum absolute atomic E-state index is 5.23. The Morgan fingerprint density at radius 3 is 1.45 bits per heavy atom. The third-order valence-corrected chi connectivity index (χ3v) is 12.3. The Morgan fingerprint density at radius 2 is 0.914 bits per heavy atom. The molecule has 1 aromatic heterocycles. The largest absolute Gasteiger partial charge is 0.311 e. The normalized spacial score (nSPS) is 14.4. The fourth-order valence-electron chi connectivity index (χ4n) is 8.55. The summed E-state index contributed by atoms with van der Waals surface area (Å²) in [6, 6.07) is 39.1. The molecule has 0 amide bonds. The summed E-state index contributed by atoms with van der Waals surface area (Å²) >= 11 is 0. The summed E-state index contributed by atoms with van der Waals surface area (Å²) in [5, 5.41) is 10.3. The highest BCUT2D eigenvalue weighted by Crippen LogP contribution is 2.48. The van der Waals surface area contributed by atoms with Gasteiger partial charge in [0.05, 0.1) is 11.3 Å². The maximum Gasteiger partial charge on any atom is 0.280 e. The molecule has 2 aliphatic heterocycles. The molecule has 8 rings (SSSR count). The first-order chi connectivity index (χ1) is 26.9. The first-order valence-corrected chi connectivity index (χ1v) is 21.1. The van der Waals surface area contributed by atoms with Gasteiger partial charge in [0, 0.05) is 28.4 Å². The highest BCUT2D eigenvalue weighted by atomic mass is 15.5. The Kier molecular flexibility index (Phi) is 9.05. The smallest absolute Gasteiger partial charge is 0.280 e. The second kappa shape index (κ2) is 13.2. The molecule has 0 radical (unpaired) electrons. The van der Waals surface area contributed by atoms with Crippen molar-refractivity contribution in [1.82, 2.24) is 15.0 Å². The molecule has 0 atom stereocenters. The topological polar surface area (TPSA) is 37.2 Å². The molecule has 0 saturated carbocycles. The lowest BCUT2D eigenvalue weighted by atomic mass is 9.35. The number of fused-ring (bicyclic) bond motifs is 4. The van der Waals surface area contributed by atoms with Crippen LogP contribution in [0.15, 0.2) is 103 Å². The number of anilines is 6. The van der Waals surface area contributed by atoms with Crippen molar-refractivity contribution in [3.8, 4) is 5.69 Å². The van der Waals surface area contributed by atoms with Gasteiger partial charge in [-0.3, -0.25) is 4.90 Å². The predicted molar refractivity (Wildman–Crippen MR) is 249 cm³/mol. The van der Waals surface area contributed by atoms with Crippen LogP contribution in [0.4, 0.5) is 34.3 Å². The molecule has 298 valence electrons. The van der Waals surface area contributed by atoms with Gasteiger partial charge < -0.3 is 4.90 Å². The molecule has 2 aliphatic rings. The molecular formula is C52H62BN5. The van der Waals surface area contributed by atoms with E-state index in [1.807, 2.05) is 0 Å². The summed E-state index contributed by atoms with van der Waals surface area (Å²) in [4.78, 5) is 5.02. The number of aromatic nitrogens is 3. The molecule has 0 N–H and O–H groups in total. The number of hydrogen-bond donors (Lipinski definition) is 0. The Labute approximate surface area is 348 Å². The zero-order chi connectivity index (χ0) is 41.9. The Hall–Kier alpha value is -5.10. The molecule has 5 aromatic carbocycles. The van der Waals surface area contributed by atoms with E-state index in [1.165, 1.54) is 55.8 Å². The van der Waals surface area contributed by atoms with Crippen LogP contribution >= 0.6 is 0 Å². The molecule has 0 bridgehead atoms. The summed E-state index contributed by atoms with van der Waals surface area (Å²) < 4.78 is 2.08. The monoisotopic (exact) mass is 768 g/mol. The molecule has 0 spiro atoms. The fourth-order valence-corrected chi connectivity index (χ4v) is 8.55. The van der Waals surface area contributed by atoms with Crippen molar-refractivity contribution in [2.45, 2.75) is 131 Å². The molecule has 0 unspecified atom stereocenters. The second-order valence-electron chi connectivity index (χ2n) is 21.9. The molecule has 5 nitrogen and oxygen atoms in total. The number of rotatable bonds is 3. The number of benzene rings is 5. The van der Waals surface area contributed by atoms with Crippen LogP contribution in [0.2, 0.25) is 0 Å². The summed E-state index contributed by atoms with van der Waals surface area (Å²) in [6.07, 6.45) is 0. The van der Waals surface area contributed by atoms with Crippen molar-refractivity contribution in [1.29, 1.82) is 0 Å². The average Bonchev–Trinajstić information content (AvgIpc) is 3.57. The average molecular weight is 768 g/mol. The van der Waals surface area contributed by atoms with Crippen molar-refractivity contribution in [3.63, 3.8) is 0 Å². The van der Waals surface area contributed by atoms with Crippen molar-refractivity contribution >= 4 is 57.5 Å². The summed E-state index contributed by atoms with van der Waals surface area (Å²) in [5.74, 6) is 0.988. The Bertz CT molecular complexity index is 2500. The van der Waals surface area contributed by atoms with Crippen LogP contribution in [0, 0.1) is 0 Å². The van der Waals surface area contributed by atoms with Crippen LogP contribution in [-0.2, 0) is 27.1 Å². The first kappa shape index (κ1) is 39.7. The summed E-state index contributed by atoms with van der Waals surface area (Å²) in [7, 11) is 0. The molecule has 0 aliphatic carbocycles. The number of nitrogens with zero attached hydrogens (tertiary/aromatic N) is 5. The zero-order valence-corrected chi connectivity index (χ0v) is 37.6. The van der Waals surface area contributed by atoms with Crippen molar-refractivity contribution < 1.29 is 0 Å². The van der Waals surface area contributed by atoms with E-state index >= 15 is 0 Å². The molecule has 0 fully saturated rings. The van der Waals surface area contributed by atoms with Crippen LogP contribution in [0.3, 0.4) is 0 Å². The van der Waals surface area contributed by atoms with Gasteiger partial charge in [-0.1, -0.05) is 158 Å². The van der Waals surface area contributed by atoms with E-state index in [0.717, 1.165) is 28.5 Å². The molecule has 3 heterocycles. The number of hydrogen-bond acceptors (Lipinski definition) is 4. The maximum atomic E-state index is 5.23. The van der Waals surface area contributed by atoms with Crippen LogP contribution in [0.1, 0.15) is 132 Å². The third-order valence-electron chi connectivity index (χ3n) is 12.3. The van der Waals surface area contributed by atoms with Gasteiger partial charge in [-0.15, -0.1) is 5.10 Å². The highest BCUT2D eigenvalue weighted by Gasteiger charge is 2.48. The van der Waals surface area contributed by atoms with E-state index < -0.39 is 0 Å². The van der Waals surface area contributed by atoms with E-state index in [1.54, 1.807) is 0 Å². The van der Waals surface area contributed by atoms with Gasteiger partial charge in [0.15, 0.2) is 5.82 Å². The lowest BCUT2D eigenvalue weighted by Crippen LogP contribution is -2.62. The minimum absolute atomic E-state index is 0.0463. The standard InChI is InChI=1S/C52H62BN5/c1-48(2,3)33-21-24-38(25-22-33)56-42-26-23-34(49(4,5)6)30-41(42)53-45-43(56)31-37(52(13,14)15)32-44(45)57(47-46(53)54-55-58(47)39-19-17-16-18-20-39)40-28-35(50(7,8)9)27-36(29-40)51(10,11)12/h16-32H,1-15H3. The van der Waals surface area contributed by atoms with E-state index in [0.29, 0.717) is 0 Å². The van der Waals surface area contributed by atoms with Crippen molar-refractivity contribution in [3.05, 3.63) is 131 Å². The van der Waals surface area contributed by atoms with E-state index in [2.05, 4.69) is 221 Å². The van der Waals surface area contributed by atoms with E-state index in [4.69, 9.17) is 10.3 Å². The molecular weight excluding hydrogens is 705 g/mol. The lowest BCUT2D eigenvalue weighted by Gasteiger charge is -2.44. The second-order valence-corrected chi connectivity index (χ2v) is 21.9. The van der Waals surface area contributed by atoms with E-state index in [-0.39, 0.29) is 33.8 Å². The molecule has 6 heteroatoms. The first-order valence-electron chi connectivity index (χ1n) is 21.1. The minimum Gasteiger partial charge on any atom is -0.311 e. The minimum atomic E-state index is -0.141. The molecule has 6 aromatic rings. The van der Waals surface area contributed by atoms with Gasteiger partial charge in [0.1, 0.15) is 0 Å². The van der Waals surface area contributed by atoms with Gasteiger partial charge in [-0.2, -0.15) is 4.68 Å². The summed E-state index contributed by atoms with van der Waals surface area (Å²) in [6.45, 7) is 34.6. The van der Waals surface area contributed by atoms with E-state index in [9.17, 15) is 0 Å². The van der Waals surface area contributed by atoms with Gasteiger partial charge in [0.2, 0.25) is 0 Å². The van der Waals surface area contributed by atoms with Crippen molar-refractivity contribution in [2.24, 2.45) is 0 Å². The van der Waals surface area contributed by atoms with Gasteiger partial charge >= 0.3 is 0 Å². The zero-order valence-electron chi connectivity index (χ0n) is 37.6. The highest BCUT2D eigenvalue weighted by molar-refractivity contribution is 6.99. The summed E-state index contributed by atoms with van der Waals surface area (Å²) in [5.41, 5.74) is 16.5. The molecule has 0 saturated heterocycles. The third kappa shape index (κ3) is 6.76. The van der Waals surface area contributed by atoms with Gasteiger partial charge in [-0.25, -0.2) is 0 Å². The van der Waals surface area contributed by atoms with Gasteiger partial charge in [0.25, 0.3) is 6.71 Å². The lowest BCUT2D eigenvalue weighted by molar-refractivity contribution is 0.568. The van der Waals surface area contributed by atoms with Crippen LogP contribution in [0.25, 0.3) is 5.69 Å². The number of para-hydroxylation sites is 1. The van der Waals surface area contributed by atoms with Crippen LogP contribution in [0.5, 0.6) is 0 Å². The SMILES string of the molecule is CC(C)(C)c1ccc(N2c3ccc(C(C)(C)C)cc3B3c4nnn(-c5ccccc5)c4N(c4cc(C(C)(C)C)cc(C(C)(C)C)c4)c4cc(C(C)(C)C)cc2c43)cc1. The van der Waals surface area contributed by atoms with Crippen LogP contribution in [-0.4, -0.2) is 21.7 Å². The Balaban J connectivity index is 1.54.